The van der Waals surface area contributed by atoms with E-state index in [9.17, 15) is 15.2 Å². The van der Waals surface area contributed by atoms with Crippen LogP contribution in [0, 0.1) is 16.0 Å². The van der Waals surface area contributed by atoms with E-state index < -0.39 is 25.8 Å². The minimum atomic E-state index is -0.826. The number of aromatic hydroxyl groups is 1. The van der Waals surface area contributed by atoms with Gasteiger partial charge in [-0.15, -0.1) is 0 Å². The van der Waals surface area contributed by atoms with Crippen molar-refractivity contribution in [1.82, 2.24) is 0 Å². The maximum absolute atomic E-state index is 11.3. The summed E-state index contributed by atoms with van der Waals surface area (Å²) in [5, 5.41) is 21.9. The Morgan fingerprint density at radius 1 is 1.18 bits per heavy atom. The molecule has 1 aliphatic rings. The summed E-state index contributed by atoms with van der Waals surface area (Å²) < 4.78 is 0. The van der Waals surface area contributed by atoms with E-state index in [1.165, 1.54) is 12.1 Å². The fourth-order valence-corrected chi connectivity index (χ4v) is 3.26. The number of rotatable bonds is 4. The SMILES string of the molecule is CC1CCC(N=Cc2cc([N+](=O)[O-])cc(-c3ccccc3)c2O)CC1.[Cl][Zr][Cl]. The molecule has 0 aromatic heterocycles. The van der Waals surface area contributed by atoms with E-state index in [1.807, 2.05) is 30.3 Å². The van der Waals surface area contributed by atoms with Crippen molar-refractivity contribution in [3.05, 3.63) is 58.1 Å². The molecule has 1 fully saturated rings. The van der Waals surface area contributed by atoms with Crippen molar-refractivity contribution in [2.75, 3.05) is 0 Å². The van der Waals surface area contributed by atoms with Crippen molar-refractivity contribution in [3.8, 4) is 16.9 Å². The van der Waals surface area contributed by atoms with Gasteiger partial charge in [-0.2, -0.15) is 0 Å². The van der Waals surface area contributed by atoms with Crippen molar-refractivity contribution in [2.24, 2.45) is 10.9 Å². The van der Waals surface area contributed by atoms with E-state index >= 15 is 0 Å². The van der Waals surface area contributed by atoms with Crippen LogP contribution < -0.4 is 0 Å². The number of phenolic OH excluding ortho intramolecular Hbond substituents is 1. The Kier molecular flexibility index (Phi) is 9.63. The summed E-state index contributed by atoms with van der Waals surface area (Å²) in [6, 6.07) is 12.2. The number of aliphatic imine (C=N–C) groups is 1. The van der Waals surface area contributed by atoms with Gasteiger partial charge in [0.1, 0.15) is 5.75 Å². The van der Waals surface area contributed by atoms with Crippen LogP contribution in [0.3, 0.4) is 0 Å². The molecular formula is C20H22Cl2N2O3Zr. The Morgan fingerprint density at radius 3 is 2.36 bits per heavy atom. The predicted molar refractivity (Wildman–Crippen MR) is 111 cm³/mol. The second kappa shape index (κ2) is 11.7. The van der Waals surface area contributed by atoms with E-state index in [4.69, 9.17) is 17.0 Å². The van der Waals surface area contributed by atoms with Crippen LogP contribution in [-0.4, -0.2) is 22.3 Å². The zero-order valence-electron chi connectivity index (χ0n) is 15.5. The number of phenols is 1. The van der Waals surface area contributed by atoms with Crippen LogP contribution in [0.2, 0.25) is 0 Å². The number of halogens is 2. The molecule has 0 spiro atoms. The van der Waals surface area contributed by atoms with Crippen LogP contribution in [0.5, 0.6) is 5.75 Å². The topological polar surface area (TPSA) is 75.7 Å². The van der Waals surface area contributed by atoms with Gasteiger partial charge < -0.3 is 5.11 Å². The summed E-state index contributed by atoms with van der Waals surface area (Å²) in [4.78, 5) is 15.4. The summed E-state index contributed by atoms with van der Waals surface area (Å²) in [5.74, 6) is 0.770. The van der Waals surface area contributed by atoms with E-state index in [-0.39, 0.29) is 17.5 Å². The fourth-order valence-electron chi connectivity index (χ4n) is 3.26. The standard InChI is InChI=1S/C20H22N2O3.2ClH.Zr/c1-14-7-9-17(10-8-14)21-13-16-11-18(22(24)25)12-19(20(16)23)15-5-3-2-4-6-15;;;/h2-6,11-14,17,23H,7-10H2,1H3;2*1H;/q;;;+2/p-2. The molecule has 0 aliphatic heterocycles. The number of nitro groups is 1. The summed E-state index contributed by atoms with van der Waals surface area (Å²) in [6.45, 7) is 2.25. The number of nitro benzene ring substituents is 1. The monoisotopic (exact) mass is 498 g/mol. The van der Waals surface area contributed by atoms with Gasteiger partial charge in [-0.25, -0.2) is 0 Å². The normalized spacial score (nSPS) is 19.0. The number of hydrogen-bond acceptors (Lipinski definition) is 4. The molecule has 0 atom stereocenters. The second-order valence-electron chi connectivity index (χ2n) is 6.82. The summed E-state index contributed by atoms with van der Waals surface area (Å²) in [7, 11) is 9.87. The number of benzene rings is 2. The van der Waals surface area contributed by atoms with Crippen molar-refractivity contribution in [3.63, 3.8) is 0 Å². The van der Waals surface area contributed by atoms with Crippen LogP contribution >= 0.6 is 17.0 Å². The van der Waals surface area contributed by atoms with Crippen LogP contribution in [0.25, 0.3) is 11.1 Å². The second-order valence-corrected chi connectivity index (χ2v) is 10.5. The molecule has 28 heavy (non-hydrogen) atoms. The summed E-state index contributed by atoms with van der Waals surface area (Å²) in [5.41, 5.74) is 1.54. The predicted octanol–water partition coefficient (Wildman–Crippen LogP) is 6.34. The molecule has 1 N–H and O–H groups in total. The van der Waals surface area contributed by atoms with Gasteiger partial charge in [-0.05, 0) is 37.2 Å². The molecule has 2 aromatic rings. The molecule has 148 valence electrons. The number of nitrogens with zero attached hydrogens (tertiary/aromatic N) is 2. The van der Waals surface area contributed by atoms with E-state index in [0.717, 1.165) is 37.2 Å². The summed E-state index contributed by atoms with van der Waals surface area (Å²) in [6.07, 6.45) is 5.95. The van der Waals surface area contributed by atoms with Gasteiger partial charge in [0.2, 0.25) is 0 Å². The average Bonchev–Trinajstić information content (AvgIpc) is 2.69. The third-order valence-corrected chi connectivity index (χ3v) is 4.83. The molecule has 0 amide bonds. The molecule has 0 saturated heterocycles. The van der Waals surface area contributed by atoms with Gasteiger partial charge in [0.05, 0.1) is 4.92 Å². The first-order valence-electron chi connectivity index (χ1n) is 9.02. The first kappa shape index (κ1) is 23.1. The van der Waals surface area contributed by atoms with Crippen molar-refractivity contribution < 1.29 is 30.9 Å². The Balaban J connectivity index is 0.000000878. The van der Waals surface area contributed by atoms with Crippen LogP contribution in [0.4, 0.5) is 5.69 Å². The Hall–Kier alpha value is -1.23. The zero-order chi connectivity index (χ0) is 20.5. The van der Waals surface area contributed by atoms with Gasteiger partial charge in [0, 0.05) is 35.5 Å². The Labute approximate surface area is 183 Å². The molecule has 0 bridgehead atoms. The van der Waals surface area contributed by atoms with Crippen molar-refractivity contribution in [2.45, 2.75) is 38.6 Å². The third-order valence-electron chi connectivity index (χ3n) is 4.83. The van der Waals surface area contributed by atoms with E-state index in [2.05, 4.69) is 11.9 Å². The number of non-ortho nitro benzene ring substituents is 1. The quantitative estimate of drug-likeness (QED) is 0.302. The van der Waals surface area contributed by atoms with Crippen LogP contribution in [-0.2, 0) is 20.8 Å². The zero-order valence-corrected chi connectivity index (χ0v) is 19.5. The fraction of sp³-hybridized carbons (Fsp3) is 0.350. The van der Waals surface area contributed by atoms with Gasteiger partial charge in [-0.1, -0.05) is 37.3 Å². The van der Waals surface area contributed by atoms with Gasteiger partial charge in [0.15, 0.2) is 0 Å². The first-order valence-corrected chi connectivity index (χ1v) is 15.4. The molecule has 8 heteroatoms. The molecule has 1 saturated carbocycles. The minimum absolute atomic E-state index is 0.0322. The van der Waals surface area contributed by atoms with Crippen molar-refractivity contribution in [1.29, 1.82) is 0 Å². The van der Waals surface area contributed by atoms with Gasteiger partial charge in [0.25, 0.3) is 5.69 Å². The van der Waals surface area contributed by atoms with Crippen LogP contribution in [0.15, 0.2) is 47.5 Å². The molecule has 1 aliphatic carbocycles. The van der Waals surface area contributed by atoms with E-state index in [0.29, 0.717) is 11.1 Å². The first-order chi connectivity index (χ1) is 13.5. The molecule has 0 radical (unpaired) electrons. The summed E-state index contributed by atoms with van der Waals surface area (Å²) >= 11 is -0.826. The van der Waals surface area contributed by atoms with E-state index in [1.54, 1.807) is 6.21 Å². The van der Waals surface area contributed by atoms with Crippen LogP contribution in [0.1, 0.15) is 38.2 Å². The molecule has 2 aromatic carbocycles. The van der Waals surface area contributed by atoms with Gasteiger partial charge >= 0.3 is 37.9 Å². The third kappa shape index (κ3) is 6.68. The average molecular weight is 501 g/mol. The molecule has 0 heterocycles. The van der Waals surface area contributed by atoms with Crippen molar-refractivity contribution >= 4 is 28.9 Å². The molecule has 3 rings (SSSR count). The van der Waals surface area contributed by atoms with Gasteiger partial charge in [-0.3, -0.25) is 15.1 Å². The molecular weight excluding hydrogens is 478 g/mol. The number of hydrogen-bond donors (Lipinski definition) is 1. The Bertz CT molecular complexity index is 811. The Morgan fingerprint density at radius 2 is 1.79 bits per heavy atom. The maximum atomic E-state index is 11.3. The molecule has 0 unspecified atom stereocenters. The molecule has 5 nitrogen and oxygen atoms in total.